The largest absolute Gasteiger partial charge is 0.0642 e. The van der Waals surface area contributed by atoms with Crippen LogP contribution in [0.2, 0.25) is 0 Å². The van der Waals surface area contributed by atoms with Gasteiger partial charge in [-0.1, -0.05) is 55.5 Å². The minimum Gasteiger partial charge on any atom is -0.0642 e. The van der Waals surface area contributed by atoms with Crippen molar-refractivity contribution in [1.29, 1.82) is 0 Å². The van der Waals surface area contributed by atoms with Gasteiger partial charge < -0.3 is 0 Å². The van der Waals surface area contributed by atoms with Gasteiger partial charge in [-0.3, -0.25) is 0 Å². The van der Waals surface area contributed by atoms with Crippen LogP contribution in [0, 0.1) is 0 Å². The smallest absolute Gasteiger partial charge is 0.0206 e. The lowest BCUT2D eigenvalue weighted by molar-refractivity contribution is 0.362. The van der Waals surface area contributed by atoms with Crippen molar-refractivity contribution in [3.8, 4) is 0 Å². The molecule has 0 aromatic heterocycles. The maximum atomic E-state index is 2.36. The predicted molar refractivity (Wildman–Crippen MR) is 75.0 cm³/mol. The molecule has 3 aliphatic carbocycles. The maximum Gasteiger partial charge on any atom is 0.0206 e. The molecule has 0 fully saturated rings. The third kappa shape index (κ3) is 1.07. The molecule has 0 saturated heterocycles. The van der Waals surface area contributed by atoms with E-state index >= 15 is 0 Å². The second kappa shape index (κ2) is 3.47. The van der Waals surface area contributed by atoms with Gasteiger partial charge in [0.1, 0.15) is 0 Å². The first-order valence-electron chi connectivity index (χ1n) is 7.05. The van der Waals surface area contributed by atoms with Crippen LogP contribution in [0.1, 0.15) is 54.4 Å². The zero-order valence-electron chi connectivity index (χ0n) is 10.8. The van der Waals surface area contributed by atoms with Crippen LogP contribution < -0.4 is 0 Å². The molecule has 0 radical (unpaired) electrons. The third-order valence-corrected chi connectivity index (χ3v) is 5.17. The number of hydrogen-bond donors (Lipinski definition) is 0. The Morgan fingerprint density at radius 1 is 0.944 bits per heavy atom. The van der Waals surface area contributed by atoms with Crippen LogP contribution in [0.15, 0.2) is 48.5 Å². The SMILES string of the molecule is CCC12CCC(c3ccccc31)c1ccccc12. The molecule has 0 unspecified atom stereocenters. The number of fused-ring (bicyclic) bond motifs is 1. The zero-order valence-corrected chi connectivity index (χ0v) is 10.8. The molecule has 0 heterocycles. The topological polar surface area (TPSA) is 0 Å². The highest BCUT2D eigenvalue weighted by Gasteiger charge is 2.46. The second-order valence-corrected chi connectivity index (χ2v) is 5.70. The molecule has 0 heteroatoms. The summed E-state index contributed by atoms with van der Waals surface area (Å²) in [7, 11) is 0. The Kier molecular flexibility index (Phi) is 2.00. The van der Waals surface area contributed by atoms with Crippen molar-refractivity contribution in [2.75, 3.05) is 0 Å². The fourth-order valence-electron chi connectivity index (χ4n) is 4.31. The van der Waals surface area contributed by atoms with E-state index in [1.165, 1.54) is 19.3 Å². The molecular formula is C18H18. The molecule has 0 saturated carbocycles. The standard InChI is InChI=1S/C18H18/c1-2-18-12-11-13(14-7-3-5-9-16(14)18)15-8-4-6-10-17(15)18/h3-10,13H,2,11-12H2,1H3. The van der Waals surface area contributed by atoms with E-state index in [0.717, 1.165) is 0 Å². The van der Waals surface area contributed by atoms with Crippen LogP contribution in [-0.2, 0) is 5.41 Å². The molecule has 0 nitrogen and oxygen atoms in total. The Bertz CT molecular complexity index is 561. The summed E-state index contributed by atoms with van der Waals surface area (Å²) >= 11 is 0. The first kappa shape index (κ1) is 10.4. The minimum absolute atomic E-state index is 0.294. The van der Waals surface area contributed by atoms with Crippen molar-refractivity contribution in [2.24, 2.45) is 0 Å². The summed E-state index contributed by atoms with van der Waals surface area (Å²) in [5, 5.41) is 0. The summed E-state index contributed by atoms with van der Waals surface area (Å²) in [4.78, 5) is 0. The Hall–Kier alpha value is -1.56. The summed E-state index contributed by atoms with van der Waals surface area (Å²) in [6.45, 7) is 2.35. The van der Waals surface area contributed by atoms with E-state index < -0.39 is 0 Å². The summed E-state index contributed by atoms with van der Waals surface area (Å²) in [5.41, 5.74) is 6.67. The molecule has 2 bridgehead atoms. The lowest BCUT2D eigenvalue weighted by Gasteiger charge is -2.49. The fourth-order valence-corrected chi connectivity index (χ4v) is 4.31. The molecule has 18 heavy (non-hydrogen) atoms. The second-order valence-electron chi connectivity index (χ2n) is 5.70. The van der Waals surface area contributed by atoms with Gasteiger partial charge in [-0.25, -0.2) is 0 Å². The summed E-state index contributed by atoms with van der Waals surface area (Å²) < 4.78 is 0. The average Bonchev–Trinajstić information content (AvgIpc) is 2.48. The van der Waals surface area contributed by atoms with Crippen LogP contribution in [0.3, 0.4) is 0 Å². The minimum atomic E-state index is 0.294. The van der Waals surface area contributed by atoms with Crippen molar-refractivity contribution in [2.45, 2.75) is 37.5 Å². The van der Waals surface area contributed by atoms with E-state index in [4.69, 9.17) is 0 Å². The van der Waals surface area contributed by atoms with Crippen molar-refractivity contribution in [3.05, 3.63) is 70.8 Å². The van der Waals surface area contributed by atoms with E-state index in [9.17, 15) is 0 Å². The average molecular weight is 234 g/mol. The normalized spacial score (nSPS) is 27.7. The summed E-state index contributed by atoms with van der Waals surface area (Å²) in [5.74, 6) is 0.644. The number of rotatable bonds is 1. The van der Waals surface area contributed by atoms with Crippen LogP contribution in [-0.4, -0.2) is 0 Å². The third-order valence-electron chi connectivity index (χ3n) is 5.17. The summed E-state index contributed by atoms with van der Waals surface area (Å²) in [6, 6.07) is 18.2. The van der Waals surface area contributed by atoms with E-state index in [-0.39, 0.29) is 0 Å². The Balaban J connectivity index is 2.09. The molecule has 90 valence electrons. The zero-order chi connectivity index (χ0) is 12.2. The van der Waals surface area contributed by atoms with Gasteiger partial charge in [0, 0.05) is 11.3 Å². The first-order valence-corrected chi connectivity index (χ1v) is 7.05. The molecule has 0 spiro atoms. The van der Waals surface area contributed by atoms with Gasteiger partial charge in [0.05, 0.1) is 0 Å². The quantitative estimate of drug-likeness (QED) is 0.675. The van der Waals surface area contributed by atoms with Crippen LogP contribution >= 0.6 is 0 Å². The Labute approximate surface area is 109 Å². The van der Waals surface area contributed by atoms with Gasteiger partial charge >= 0.3 is 0 Å². The van der Waals surface area contributed by atoms with Gasteiger partial charge in [-0.15, -0.1) is 0 Å². The van der Waals surface area contributed by atoms with E-state index in [0.29, 0.717) is 11.3 Å². The highest BCUT2D eigenvalue weighted by Crippen LogP contribution is 2.57. The number of benzene rings is 2. The Morgan fingerprint density at radius 2 is 1.50 bits per heavy atom. The molecule has 5 rings (SSSR count). The van der Waals surface area contributed by atoms with Gasteiger partial charge in [0.25, 0.3) is 0 Å². The van der Waals surface area contributed by atoms with Crippen molar-refractivity contribution in [3.63, 3.8) is 0 Å². The molecule has 0 amide bonds. The highest BCUT2D eigenvalue weighted by atomic mass is 14.5. The summed E-state index contributed by atoms with van der Waals surface area (Å²) in [6.07, 6.45) is 3.86. The fraction of sp³-hybridized carbons (Fsp3) is 0.333. The van der Waals surface area contributed by atoms with Gasteiger partial charge in [-0.05, 0) is 41.5 Å². The van der Waals surface area contributed by atoms with E-state index in [2.05, 4.69) is 55.5 Å². The van der Waals surface area contributed by atoms with Crippen LogP contribution in [0.25, 0.3) is 0 Å². The van der Waals surface area contributed by atoms with Crippen molar-refractivity contribution >= 4 is 0 Å². The maximum absolute atomic E-state index is 2.36. The molecule has 0 N–H and O–H groups in total. The molecule has 0 aliphatic heterocycles. The molecule has 2 aromatic carbocycles. The number of hydrogen-bond acceptors (Lipinski definition) is 0. The van der Waals surface area contributed by atoms with Crippen LogP contribution in [0.5, 0.6) is 0 Å². The Morgan fingerprint density at radius 3 is 2.06 bits per heavy atom. The van der Waals surface area contributed by atoms with E-state index in [1.54, 1.807) is 22.3 Å². The molecule has 3 aliphatic rings. The lowest BCUT2D eigenvalue weighted by atomic mass is 9.54. The highest BCUT2D eigenvalue weighted by molar-refractivity contribution is 5.58. The molecular weight excluding hydrogens is 216 g/mol. The predicted octanol–water partition coefficient (Wildman–Crippen LogP) is 4.62. The van der Waals surface area contributed by atoms with Crippen molar-refractivity contribution < 1.29 is 0 Å². The monoisotopic (exact) mass is 234 g/mol. The van der Waals surface area contributed by atoms with Crippen LogP contribution in [0.4, 0.5) is 0 Å². The van der Waals surface area contributed by atoms with Gasteiger partial charge in [-0.2, -0.15) is 0 Å². The van der Waals surface area contributed by atoms with Gasteiger partial charge in [0.2, 0.25) is 0 Å². The first-order chi connectivity index (χ1) is 8.87. The van der Waals surface area contributed by atoms with Crippen molar-refractivity contribution in [1.82, 2.24) is 0 Å². The molecule has 0 atom stereocenters. The van der Waals surface area contributed by atoms with E-state index in [1.807, 2.05) is 0 Å². The molecule has 2 aromatic rings. The lowest BCUT2D eigenvalue weighted by Crippen LogP contribution is -2.39. The van der Waals surface area contributed by atoms with Gasteiger partial charge in [0.15, 0.2) is 0 Å².